The fourth-order valence-electron chi connectivity index (χ4n) is 6.24. The standard InChI is InChI=1S/C31H34F6N4O6/c1-4-5-19-14-21(29(45,30(32,33)34)31(35,36)37)6-8-22(19)39-10-11-40(18(2)16-39)25(42)17-41-26(43)28(3,38-27(41)44)20-7-9-23-24(15-20)47-13-12-46-23/h6-9,14-15,18,45H,4-5,10-13,16-17H2,1-3H3,(H,38,44)/t18-,28?/m1/s1. The minimum absolute atomic E-state index is 0.103. The number of aryl methyl sites for hydroxylation is 1. The topological polar surface area (TPSA) is 112 Å². The third-order valence-corrected chi connectivity index (χ3v) is 8.81. The number of carbonyl (C=O) groups excluding carboxylic acids is 3. The van der Waals surface area contributed by atoms with Crippen molar-refractivity contribution in [3.8, 4) is 11.5 Å². The number of fused-ring (bicyclic) bond motifs is 1. The number of benzene rings is 2. The van der Waals surface area contributed by atoms with E-state index in [9.17, 15) is 45.8 Å². The summed E-state index contributed by atoms with van der Waals surface area (Å²) in [6, 6.07) is 6.09. The number of ether oxygens (including phenoxy) is 2. The number of piperazine rings is 1. The van der Waals surface area contributed by atoms with Gasteiger partial charge in [-0.1, -0.05) is 31.5 Å². The van der Waals surface area contributed by atoms with Gasteiger partial charge in [-0.3, -0.25) is 14.5 Å². The summed E-state index contributed by atoms with van der Waals surface area (Å²) < 4.78 is 92.3. The Balaban J connectivity index is 1.30. The molecular formula is C31H34F6N4O6. The molecule has 0 aromatic heterocycles. The predicted molar refractivity (Wildman–Crippen MR) is 155 cm³/mol. The minimum atomic E-state index is -6.01. The molecule has 4 amide bonds. The number of aliphatic hydroxyl groups is 1. The van der Waals surface area contributed by atoms with Crippen molar-refractivity contribution in [1.29, 1.82) is 0 Å². The molecule has 0 saturated carbocycles. The molecule has 2 atom stereocenters. The van der Waals surface area contributed by atoms with Gasteiger partial charge in [0.1, 0.15) is 25.3 Å². The van der Waals surface area contributed by atoms with E-state index in [1.165, 1.54) is 11.8 Å². The molecule has 1 unspecified atom stereocenters. The maximum atomic E-state index is 13.5. The quantitative estimate of drug-likeness (QED) is 0.335. The predicted octanol–water partition coefficient (Wildman–Crippen LogP) is 4.23. The third-order valence-electron chi connectivity index (χ3n) is 8.81. The van der Waals surface area contributed by atoms with Gasteiger partial charge in [0, 0.05) is 36.9 Å². The summed E-state index contributed by atoms with van der Waals surface area (Å²) in [6.07, 6.45) is -11.5. The van der Waals surface area contributed by atoms with Crippen molar-refractivity contribution >= 4 is 23.5 Å². The van der Waals surface area contributed by atoms with Crippen LogP contribution in [0.3, 0.4) is 0 Å². The number of nitrogens with zero attached hydrogens (tertiary/aromatic N) is 3. The lowest BCUT2D eigenvalue weighted by molar-refractivity contribution is -0.376. The molecule has 0 bridgehead atoms. The molecule has 10 nitrogen and oxygen atoms in total. The summed E-state index contributed by atoms with van der Waals surface area (Å²) >= 11 is 0. The van der Waals surface area contributed by atoms with Gasteiger partial charge in [0.05, 0.1) is 0 Å². The zero-order chi connectivity index (χ0) is 34.5. The molecular weight excluding hydrogens is 638 g/mol. The molecule has 47 heavy (non-hydrogen) atoms. The highest BCUT2D eigenvalue weighted by Gasteiger charge is 2.71. The Bertz CT molecular complexity index is 1550. The zero-order valence-electron chi connectivity index (χ0n) is 25.8. The lowest BCUT2D eigenvalue weighted by Crippen LogP contribution is -2.56. The monoisotopic (exact) mass is 672 g/mol. The van der Waals surface area contributed by atoms with Crippen LogP contribution in [0.2, 0.25) is 0 Å². The number of halogens is 6. The number of hydrogen-bond donors (Lipinski definition) is 2. The van der Waals surface area contributed by atoms with Gasteiger partial charge < -0.3 is 29.7 Å². The van der Waals surface area contributed by atoms with Gasteiger partial charge in [-0.05, 0) is 49.6 Å². The molecule has 2 saturated heterocycles. The summed E-state index contributed by atoms with van der Waals surface area (Å²) in [4.78, 5) is 43.9. The molecule has 0 radical (unpaired) electrons. The molecule has 2 fully saturated rings. The van der Waals surface area contributed by atoms with Gasteiger partial charge in [-0.15, -0.1) is 0 Å². The van der Waals surface area contributed by atoms with E-state index in [2.05, 4.69) is 5.32 Å². The average molecular weight is 673 g/mol. The molecule has 2 N–H and O–H groups in total. The van der Waals surface area contributed by atoms with E-state index < -0.39 is 59.5 Å². The van der Waals surface area contributed by atoms with Gasteiger partial charge in [-0.25, -0.2) is 4.79 Å². The van der Waals surface area contributed by atoms with Crippen molar-refractivity contribution in [3.05, 3.63) is 53.1 Å². The van der Waals surface area contributed by atoms with Crippen LogP contribution in [-0.4, -0.2) is 90.5 Å². The van der Waals surface area contributed by atoms with Gasteiger partial charge in [-0.2, -0.15) is 26.3 Å². The average Bonchev–Trinajstić information content (AvgIpc) is 3.22. The molecule has 0 spiro atoms. The Kier molecular flexibility index (Phi) is 8.79. The van der Waals surface area contributed by atoms with Crippen LogP contribution in [0.4, 0.5) is 36.8 Å². The molecule has 3 aliphatic heterocycles. The number of amides is 4. The van der Waals surface area contributed by atoms with Crippen molar-refractivity contribution in [3.63, 3.8) is 0 Å². The highest BCUT2D eigenvalue weighted by molar-refractivity contribution is 6.09. The number of anilines is 1. The van der Waals surface area contributed by atoms with Crippen molar-refractivity contribution < 1.29 is 55.3 Å². The summed E-state index contributed by atoms with van der Waals surface area (Å²) in [5, 5.41) is 12.6. The molecule has 3 aliphatic rings. The van der Waals surface area contributed by atoms with Crippen molar-refractivity contribution in [2.24, 2.45) is 0 Å². The van der Waals surface area contributed by atoms with Crippen LogP contribution in [0.5, 0.6) is 11.5 Å². The second-order valence-corrected chi connectivity index (χ2v) is 12.0. The van der Waals surface area contributed by atoms with Crippen LogP contribution in [0.25, 0.3) is 0 Å². The third kappa shape index (κ3) is 5.91. The smallest absolute Gasteiger partial charge is 0.430 e. The van der Waals surface area contributed by atoms with Crippen LogP contribution in [-0.2, 0) is 27.1 Å². The lowest BCUT2D eigenvalue weighted by atomic mass is 9.89. The van der Waals surface area contributed by atoms with Gasteiger partial charge in [0.25, 0.3) is 11.5 Å². The summed E-state index contributed by atoms with van der Waals surface area (Å²) in [5.74, 6) is -0.230. The van der Waals surface area contributed by atoms with E-state index in [0.717, 1.165) is 17.0 Å². The van der Waals surface area contributed by atoms with Crippen LogP contribution in [0.1, 0.15) is 43.9 Å². The highest BCUT2D eigenvalue weighted by atomic mass is 19.4. The lowest BCUT2D eigenvalue weighted by Gasteiger charge is -2.42. The Morgan fingerprint density at radius 1 is 1.00 bits per heavy atom. The van der Waals surface area contributed by atoms with E-state index >= 15 is 0 Å². The number of urea groups is 1. The van der Waals surface area contributed by atoms with Crippen LogP contribution in [0, 0.1) is 0 Å². The van der Waals surface area contributed by atoms with E-state index in [1.54, 1.807) is 36.9 Å². The zero-order valence-corrected chi connectivity index (χ0v) is 25.8. The number of rotatable bonds is 7. The van der Waals surface area contributed by atoms with Gasteiger partial charge in [0.2, 0.25) is 5.91 Å². The van der Waals surface area contributed by atoms with E-state index in [4.69, 9.17) is 9.47 Å². The summed E-state index contributed by atoms with van der Waals surface area (Å²) in [6.45, 7) is 5.53. The fraction of sp³-hybridized carbons (Fsp3) is 0.516. The first-order valence-electron chi connectivity index (χ1n) is 15.0. The van der Waals surface area contributed by atoms with Crippen molar-refractivity contribution in [2.75, 3.05) is 44.3 Å². The highest BCUT2D eigenvalue weighted by Crippen LogP contribution is 2.50. The van der Waals surface area contributed by atoms with Crippen molar-refractivity contribution in [2.45, 2.75) is 63.1 Å². The van der Waals surface area contributed by atoms with E-state index in [1.807, 2.05) is 0 Å². The molecule has 5 rings (SSSR count). The Morgan fingerprint density at radius 2 is 1.66 bits per heavy atom. The Morgan fingerprint density at radius 3 is 2.28 bits per heavy atom. The number of carbonyl (C=O) groups is 3. The Hall–Kier alpha value is -4.21. The first-order chi connectivity index (χ1) is 21.9. The van der Waals surface area contributed by atoms with Gasteiger partial charge in [0.15, 0.2) is 11.5 Å². The number of alkyl halides is 6. The fourth-order valence-corrected chi connectivity index (χ4v) is 6.24. The maximum absolute atomic E-state index is 13.5. The Labute approximate surface area is 266 Å². The first-order valence-corrected chi connectivity index (χ1v) is 15.0. The number of hydrogen-bond acceptors (Lipinski definition) is 7. The normalized spacial score (nSPS) is 22.1. The summed E-state index contributed by atoms with van der Waals surface area (Å²) in [7, 11) is 0. The molecule has 3 heterocycles. The molecule has 256 valence electrons. The minimum Gasteiger partial charge on any atom is -0.486 e. The second-order valence-electron chi connectivity index (χ2n) is 12.0. The largest absolute Gasteiger partial charge is 0.486 e. The maximum Gasteiger partial charge on any atom is 0.430 e. The molecule has 0 aliphatic carbocycles. The van der Waals surface area contributed by atoms with Crippen LogP contribution < -0.4 is 19.7 Å². The number of imide groups is 1. The summed E-state index contributed by atoms with van der Waals surface area (Å²) in [5.41, 5.74) is -6.84. The van der Waals surface area contributed by atoms with Crippen LogP contribution in [0.15, 0.2) is 36.4 Å². The molecule has 2 aromatic rings. The SMILES string of the molecule is CCCc1cc(C(O)(C(F)(F)F)C(F)(F)F)ccc1N1CCN(C(=O)CN2C(=O)NC(C)(c3ccc4c(c3)OCCO4)C2=O)[C@H](C)C1. The first kappa shape index (κ1) is 34.1. The van der Waals surface area contributed by atoms with E-state index in [-0.39, 0.29) is 31.6 Å². The number of nitrogens with one attached hydrogen (secondary N) is 1. The molecule has 2 aromatic carbocycles. The molecule has 16 heteroatoms. The van der Waals surface area contributed by atoms with Gasteiger partial charge >= 0.3 is 18.4 Å². The van der Waals surface area contributed by atoms with E-state index in [0.29, 0.717) is 48.5 Å². The van der Waals surface area contributed by atoms with Crippen molar-refractivity contribution in [1.82, 2.24) is 15.1 Å². The van der Waals surface area contributed by atoms with Crippen LogP contribution >= 0.6 is 0 Å². The second kappa shape index (κ2) is 12.1.